The first-order valence-electron chi connectivity index (χ1n) is 6.26. The number of hydrogen-bond donors (Lipinski definition) is 1. The van der Waals surface area contributed by atoms with Gasteiger partial charge in [0, 0.05) is 12.1 Å². The number of anilines is 1. The van der Waals surface area contributed by atoms with Crippen molar-refractivity contribution in [1.82, 2.24) is 9.29 Å². The van der Waals surface area contributed by atoms with Crippen molar-refractivity contribution in [1.29, 1.82) is 0 Å². The predicted molar refractivity (Wildman–Crippen MR) is 85.4 cm³/mol. The molecule has 7 nitrogen and oxygen atoms in total. The lowest BCUT2D eigenvalue weighted by molar-refractivity contribution is 0.0399. The molecule has 0 unspecified atom stereocenters. The second-order valence-electron chi connectivity index (χ2n) is 5.22. The number of carbonyl (C=O) groups excluding carboxylic acids is 1. The topological polar surface area (TPSA) is 88.6 Å². The first kappa shape index (κ1) is 18.8. The number of aromatic nitrogens is 1. The second kappa shape index (κ2) is 7.34. The summed E-state index contributed by atoms with van der Waals surface area (Å²) in [5, 5.41) is 0.112. The third-order valence-corrected chi connectivity index (χ3v) is 3.93. The Morgan fingerprint density at radius 2 is 2.09 bits per heavy atom. The number of nitrogens with one attached hydrogen (secondary N) is 1. The second-order valence-corrected chi connectivity index (χ2v) is 7.58. The van der Waals surface area contributed by atoms with Crippen LogP contribution in [0.2, 0.25) is 5.15 Å². The lowest BCUT2D eigenvalue weighted by Gasteiger charge is -2.26. The maximum atomic E-state index is 12.3. The molecule has 0 radical (unpaired) electrons. The van der Waals surface area contributed by atoms with Crippen molar-refractivity contribution in [3.8, 4) is 0 Å². The van der Waals surface area contributed by atoms with Crippen molar-refractivity contribution in [3.63, 3.8) is 0 Å². The summed E-state index contributed by atoms with van der Waals surface area (Å²) in [7, 11) is -4.19. The van der Waals surface area contributed by atoms with Crippen molar-refractivity contribution in [2.75, 3.05) is 17.1 Å². The quantitative estimate of drug-likeness (QED) is 0.636. The monoisotopic (exact) mass is 369 g/mol. The van der Waals surface area contributed by atoms with E-state index in [4.69, 9.17) is 27.9 Å². The molecule has 0 spiro atoms. The van der Waals surface area contributed by atoms with Gasteiger partial charge in [-0.05, 0) is 32.9 Å². The number of nitrogens with zero attached hydrogens (tertiary/aromatic N) is 2. The fraction of sp³-hybridized carbons (Fsp3) is 0.500. The molecule has 0 fully saturated rings. The molecule has 124 valence electrons. The van der Waals surface area contributed by atoms with Gasteiger partial charge in [-0.3, -0.25) is 4.72 Å². The van der Waals surface area contributed by atoms with Gasteiger partial charge >= 0.3 is 16.3 Å². The number of halogens is 2. The Hall–Kier alpha value is -1.25. The summed E-state index contributed by atoms with van der Waals surface area (Å²) in [5.74, 6) is -0.0722. The van der Waals surface area contributed by atoms with Gasteiger partial charge in [-0.15, -0.1) is 11.6 Å². The van der Waals surface area contributed by atoms with Crippen LogP contribution in [-0.2, 0) is 14.9 Å². The zero-order valence-electron chi connectivity index (χ0n) is 12.3. The molecule has 0 bridgehead atoms. The summed E-state index contributed by atoms with van der Waals surface area (Å²) in [6.07, 6.45) is 0.320. The van der Waals surface area contributed by atoms with Gasteiger partial charge in [0.15, 0.2) is 0 Å². The molecule has 0 aliphatic heterocycles. The van der Waals surface area contributed by atoms with Crippen molar-refractivity contribution >= 4 is 45.2 Å². The van der Waals surface area contributed by atoms with E-state index in [1.54, 1.807) is 20.8 Å². The molecule has 0 aliphatic rings. The van der Waals surface area contributed by atoms with Gasteiger partial charge in [0.2, 0.25) is 0 Å². The highest BCUT2D eigenvalue weighted by atomic mass is 35.5. The minimum absolute atomic E-state index is 0.0722. The van der Waals surface area contributed by atoms with E-state index in [1.165, 1.54) is 18.3 Å². The fourth-order valence-electron chi connectivity index (χ4n) is 1.37. The molecule has 1 heterocycles. The number of carbonyl (C=O) groups is 1. The lowest BCUT2D eigenvalue weighted by Crippen LogP contribution is -2.44. The maximum Gasteiger partial charge on any atom is 0.425 e. The molecule has 0 atom stereocenters. The van der Waals surface area contributed by atoms with E-state index < -0.39 is 21.9 Å². The standard InChI is InChI=1S/C12H17Cl2N3O4S/c1-12(2,3)21-11(18)17(7-5-13)22(19,20)16-9-4-6-15-10(14)8-9/h4,6,8H,5,7H2,1-3H3,(H,15,16). The van der Waals surface area contributed by atoms with Crippen LogP contribution in [0.5, 0.6) is 0 Å². The maximum absolute atomic E-state index is 12.3. The first-order valence-corrected chi connectivity index (χ1v) is 8.61. The van der Waals surface area contributed by atoms with E-state index in [9.17, 15) is 13.2 Å². The predicted octanol–water partition coefficient (Wildman–Crippen LogP) is 2.87. The van der Waals surface area contributed by atoms with E-state index >= 15 is 0 Å². The Bertz CT molecular complexity index is 632. The van der Waals surface area contributed by atoms with Gasteiger partial charge in [-0.25, -0.2) is 9.78 Å². The van der Waals surface area contributed by atoms with Gasteiger partial charge in [0.1, 0.15) is 10.8 Å². The Balaban J connectivity index is 3.00. The molecule has 0 aromatic carbocycles. The average molecular weight is 370 g/mol. The van der Waals surface area contributed by atoms with Crippen LogP contribution in [0.3, 0.4) is 0 Å². The molecule has 10 heteroatoms. The van der Waals surface area contributed by atoms with Gasteiger partial charge in [0.25, 0.3) is 0 Å². The number of rotatable bonds is 5. The third kappa shape index (κ3) is 5.86. The number of amides is 1. The smallest absolute Gasteiger partial charge is 0.425 e. The highest BCUT2D eigenvalue weighted by Crippen LogP contribution is 2.17. The molecular formula is C12H17Cl2N3O4S. The summed E-state index contributed by atoms with van der Waals surface area (Å²) in [6.45, 7) is 4.66. The first-order chi connectivity index (χ1) is 10.0. The summed E-state index contributed by atoms with van der Waals surface area (Å²) >= 11 is 11.3. The third-order valence-electron chi connectivity index (χ3n) is 2.15. The van der Waals surface area contributed by atoms with Gasteiger partial charge in [0.05, 0.1) is 12.2 Å². The molecule has 1 aromatic heterocycles. The van der Waals surface area contributed by atoms with Crippen molar-refractivity contribution < 1.29 is 17.9 Å². The normalized spacial score (nSPS) is 11.9. The Labute approximate surface area is 139 Å². The molecule has 22 heavy (non-hydrogen) atoms. The zero-order valence-corrected chi connectivity index (χ0v) is 14.7. The van der Waals surface area contributed by atoms with Crippen molar-refractivity contribution in [2.24, 2.45) is 0 Å². The molecule has 1 N–H and O–H groups in total. The summed E-state index contributed by atoms with van der Waals surface area (Å²) in [6, 6.07) is 2.71. The van der Waals surface area contributed by atoms with E-state index in [1.807, 2.05) is 0 Å². The van der Waals surface area contributed by atoms with Crippen LogP contribution < -0.4 is 4.72 Å². The average Bonchev–Trinajstić information content (AvgIpc) is 2.32. The minimum Gasteiger partial charge on any atom is -0.443 e. The van der Waals surface area contributed by atoms with E-state index in [-0.39, 0.29) is 23.3 Å². The summed E-state index contributed by atoms with van der Waals surface area (Å²) < 4.78 is 32.5. The van der Waals surface area contributed by atoms with E-state index in [2.05, 4.69) is 9.71 Å². The van der Waals surface area contributed by atoms with Crippen LogP contribution in [0.25, 0.3) is 0 Å². The molecule has 0 saturated carbocycles. The van der Waals surface area contributed by atoms with Gasteiger partial charge in [-0.1, -0.05) is 11.6 Å². The Morgan fingerprint density at radius 1 is 1.45 bits per heavy atom. The highest BCUT2D eigenvalue weighted by Gasteiger charge is 2.31. The molecular weight excluding hydrogens is 353 g/mol. The van der Waals surface area contributed by atoms with Crippen LogP contribution in [0.4, 0.5) is 10.5 Å². The Kier molecular flexibility index (Phi) is 6.27. The molecule has 1 amide bonds. The minimum atomic E-state index is -4.19. The number of hydrogen-bond acceptors (Lipinski definition) is 5. The SMILES string of the molecule is CC(C)(C)OC(=O)N(CCCl)S(=O)(=O)Nc1ccnc(Cl)c1. The Morgan fingerprint density at radius 3 is 2.59 bits per heavy atom. The van der Waals surface area contributed by atoms with Crippen molar-refractivity contribution in [2.45, 2.75) is 26.4 Å². The van der Waals surface area contributed by atoms with E-state index in [0.717, 1.165) is 0 Å². The fourth-order valence-corrected chi connectivity index (χ4v) is 2.91. The summed E-state index contributed by atoms with van der Waals surface area (Å²) in [4.78, 5) is 15.8. The number of pyridine rings is 1. The highest BCUT2D eigenvalue weighted by molar-refractivity contribution is 7.90. The molecule has 1 aromatic rings. The molecule has 0 aliphatic carbocycles. The number of ether oxygens (including phenoxy) is 1. The van der Waals surface area contributed by atoms with Crippen LogP contribution in [0, 0.1) is 0 Å². The van der Waals surface area contributed by atoms with Crippen LogP contribution in [0.15, 0.2) is 18.3 Å². The van der Waals surface area contributed by atoms with Gasteiger partial charge < -0.3 is 4.74 Å². The summed E-state index contributed by atoms with van der Waals surface area (Å²) in [5.41, 5.74) is -0.667. The van der Waals surface area contributed by atoms with Crippen molar-refractivity contribution in [3.05, 3.63) is 23.5 Å². The van der Waals surface area contributed by atoms with Gasteiger partial charge in [-0.2, -0.15) is 12.7 Å². The molecule has 1 rings (SSSR count). The van der Waals surface area contributed by atoms with Crippen LogP contribution in [-0.4, -0.2) is 41.8 Å². The van der Waals surface area contributed by atoms with Crippen LogP contribution >= 0.6 is 23.2 Å². The zero-order chi connectivity index (χ0) is 17.0. The van der Waals surface area contributed by atoms with E-state index in [0.29, 0.717) is 4.31 Å². The van der Waals surface area contributed by atoms with Crippen LogP contribution in [0.1, 0.15) is 20.8 Å². The largest absolute Gasteiger partial charge is 0.443 e. The number of alkyl halides is 1. The lowest BCUT2D eigenvalue weighted by atomic mass is 10.2. The molecule has 0 saturated heterocycles.